The van der Waals surface area contributed by atoms with Crippen LogP contribution in [0, 0.1) is 20.7 Å². The van der Waals surface area contributed by atoms with Gasteiger partial charge in [0.15, 0.2) is 0 Å². The number of aromatic nitrogens is 2. The maximum absolute atomic E-state index is 13.4. The summed E-state index contributed by atoms with van der Waals surface area (Å²) in [4.78, 5) is 0. The molecule has 0 aliphatic rings. The van der Waals surface area contributed by atoms with Crippen molar-refractivity contribution in [2.45, 2.75) is 0 Å². The second-order valence-electron chi connectivity index (χ2n) is 3.99. The van der Waals surface area contributed by atoms with Crippen LogP contribution in [-0.2, 0) is 0 Å². The molecule has 0 aliphatic heterocycles. The van der Waals surface area contributed by atoms with Gasteiger partial charge in [0.2, 0.25) is 5.88 Å². The zero-order chi connectivity index (χ0) is 14.5. The third kappa shape index (κ3) is 3.46. The van der Waals surface area contributed by atoms with Crippen molar-refractivity contribution < 1.29 is 9.13 Å². The molecular weight excluding hydrogens is 374 g/mol. The van der Waals surface area contributed by atoms with E-state index in [2.05, 4.69) is 33.0 Å². The van der Waals surface area contributed by atoms with Crippen molar-refractivity contribution in [3.05, 3.63) is 39.3 Å². The Morgan fingerprint density at radius 1 is 1.50 bits per heavy atom. The van der Waals surface area contributed by atoms with E-state index in [4.69, 9.17) is 10.00 Å². The fourth-order valence-electron chi connectivity index (χ4n) is 1.59. The van der Waals surface area contributed by atoms with Crippen molar-refractivity contribution >= 4 is 22.6 Å². The van der Waals surface area contributed by atoms with Gasteiger partial charge in [-0.15, -0.1) is 5.10 Å². The number of halogens is 2. The summed E-state index contributed by atoms with van der Waals surface area (Å²) in [6.07, 6.45) is 1.73. The van der Waals surface area contributed by atoms with Crippen LogP contribution in [0.15, 0.2) is 24.4 Å². The minimum absolute atomic E-state index is 0.253. The maximum Gasteiger partial charge on any atom is 0.246 e. The fraction of sp³-hybridized carbons (Fsp3) is 0.231. The number of nitriles is 1. The van der Waals surface area contributed by atoms with E-state index in [1.807, 2.05) is 13.1 Å². The Morgan fingerprint density at radius 2 is 2.30 bits per heavy atom. The molecule has 1 heterocycles. The second-order valence-corrected chi connectivity index (χ2v) is 5.15. The lowest BCUT2D eigenvalue weighted by Gasteiger charge is -2.03. The number of likely N-dealkylation sites (N-methyl/N-ethyl adjacent to an activating group) is 1. The average molecular weight is 386 g/mol. The molecule has 0 fully saturated rings. The SMILES string of the molecule is CNCCOc1nn(-c2cc(F)cc(C#N)c2)cc1I. The van der Waals surface area contributed by atoms with E-state index in [0.29, 0.717) is 24.7 Å². The molecule has 0 atom stereocenters. The molecule has 0 amide bonds. The first kappa shape index (κ1) is 14.7. The van der Waals surface area contributed by atoms with E-state index in [-0.39, 0.29) is 5.56 Å². The van der Waals surface area contributed by atoms with Gasteiger partial charge in [0.05, 0.1) is 20.9 Å². The van der Waals surface area contributed by atoms with Crippen LogP contribution in [0.3, 0.4) is 0 Å². The maximum atomic E-state index is 13.4. The molecule has 0 saturated carbocycles. The van der Waals surface area contributed by atoms with Crippen molar-refractivity contribution in [2.24, 2.45) is 0 Å². The lowest BCUT2D eigenvalue weighted by Crippen LogP contribution is -2.16. The molecule has 0 saturated heterocycles. The Hall–Kier alpha value is -1.66. The molecule has 0 radical (unpaired) electrons. The summed E-state index contributed by atoms with van der Waals surface area (Å²) in [6, 6.07) is 6.00. The summed E-state index contributed by atoms with van der Waals surface area (Å²) < 4.78 is 21.2. The van der Waals surface area contributed by atoms with E-state index in [0.717, 1.165) is 3.57 Å². The summed E-state index contributed by atoms with van der Waals surface area (Å²) in [5.74, 6) is 0.0193. The van der Waals surface area contributed by atoms with Crippen molar-refractivity contribution in [2.75, 3.05) is 20.2 Å². The van der Waals surface area contributed by atoms with Gasteiger partial charge < -0.3 is 10.1 Å². The lowest BCUT2D eigenvalue weighted by molar-refractivity contribution is 0.302. The summed E-state index contributed by atoms with van der Waals surface area (Å²) in [7, 11) is 1.84. The Morgan fingerprint density at radius 3 is 3.00 bits per heavy atom. The average Bonchev–Trinajstić information content (AvgIpc) is 2.80. The van der Waals surface area contributed by atoms with E-state index < -0.39 is 5.82 Å². The summed E-state index contributed by atoms with van der Waals surface area (Å²) >= 11 is 2.10. The molecule has 2 rings (SSSR count). The number of nitrogens with one attached hydrogen (secondary N) is 1. The normalized spacial score (nSPS) is 10.3. The number of benzene rings is 1. The molecule has 1 N–H and O–H groups in total. The van der Waals surface area contributed by atoms with E-state index in [9.17, 15) is 4.39 Å². The molecule has 1 aromatic heterocycles. The highest BCUT2D eigenvalue weighted by Crippen LogP contribution is 2.21. The zero-order valence-electron chi connectivity index (χ0n) is 10.7. The topological polar surface area (TPSA) is 62.9 Å². The van der Waals surface area contributed by atoms with Crippen molar-refractivity contribution in [1.82, 2.24) is 15.1 Å². The van der Waals surface area contributed by atoms with Gasteiger partial charge in [-0.1, -0.05) is 0 Å². The minimum atomic E-state index is -0.470. The first-order chi connectivity index (χ1) is 9.63. The van der Waals surface area contributed by atoms with Gasteiger partial charge in [0.1, 0.15) is 12.4 Å². The van der Waals surface area contributed by atoms with Crippen LogP contribution in [0.4, 0.5) is 4.39 Å². The number of ether oxygens (including phenoxy) is 1. The van der Waals surface area contributed by atoms with Crippen LogP contribution in [0.25, 0.3) is 5.69 Å². The number of rotatable bonds is 5. The Balaban J connectivity index is 2.27. The third-order valence-electron chi connectivity index (χ3n) is 2.51. The largest absolute Gasteiger partial charge is 0.475 e. The van der Waals surface area contributed by atoms with E-state index in [1.54, 1.807) is 12.3 Å². The minimum Gasteiger partial charge on any atom is -0.475 e. The molecule has 0 bridgehead atoms. The van der Waals surface area contributed by atoms with Crippen LogP contribution in [0.5, 0.6) is 5.88 Å². The van der Waals surface area contributed by atoms with Gasteiger partial charge in [-0.3, -0.25) is 0 Å². The van der Waals surface area contributed by atoms with E-state index >= 15 is 0 Å². The molecule has 0 spiro atoms. The summed E-state index contributed by atoms with van der Waals surface area (Å²) in [6.45, 7) is 1.21. The predicted octanol–water partition coefficient (Wildman–Crippen LogP) is 2.09. The van der Waals surface area contributed by atoms with Gasteiger partial charge in [-0.2, -0.15) is 5.26 Å². The standard InChI is InChI=1S/C13H12FIN4O/c1-17-2-3-20-13-12(15)8-19(18-13)11-5-9(7-16)4-10(14)6-11/h4-6,8,17H,2-3H2,1H3. The van der Waals surface area contributed by atoms with Gasteiger partial charge in [-0.05, 0) is 47.8 Å². The van der Waals surface area contributed by atoms with Crippen LogP contribution in [0.1, 0.15) is 5.56 Å². The van der Waals surface area contributed by atoms with E-state index in [1.165, 1.54) is 16.8 Å². The Bertz CT molecular complexity index is 650. The number of nitrogens with zero attached hydrogens (tertiary/aromatic N) is 3. The van der Waals surface area contributed by atoms with Gasteiger partial charge >= 0.3 is 0 Å². The lowest BCUT2D eigenvalue weighted by atomic mass is 10.2. The summed E-state index contributed by atoms with van der Waals surface area (Å²) in [5, 5.41) is 16.1. The third-order valence-corrected chi connectivity index (χ3v) is 3.25. The highest BCUT2D eigenvalue weighted by molar-refractivity contribution is 14.1. The first-order valence-corrected chi connectivity index (χ1v) is 6.95. The highest BCUT2D eigenvalue weighted by Gasteiger charge is 2.10. The Labute approximate surface area is 129 Å². The smallest absolute Gasteiger partial charge is 0.246 e. The molecule has 20 heavy (non-hydrogen) atoms. The zero-order valence-corrected chi connectivity index (χ0v) is 12.9. The van der Waals surface area contributed by atoms with Crippen LogP contribution < -0.4 is 10.1 Å². The van der Waals surface area contributed by atoms with Crippen molar-refractivity contribution in [3.63, 3.8) is 0 Å². The molecule has 2 aromatic rings. The van der Waals surface area contributed by atoms with Gasteiger partial charge in [-0.25, -0.2) is 9.07 Å². The molecule has 7 heteroatoms. The summed E-state index contributed by atoms with van der Waals surface area (Å²) in [5.41, 5.74) is 0.742. The molecule has 104 valence electrons. The van der Waals surface area contributed by atoms with Crippen LogP contribution >= 0.6 is 22.6 Å². The molecule has 5 nitrogen and oxygen atoms in total. The van der Waals surface area contributed by atoms with Gasteiger partial charge in [0, 0.05) is 12.7 Å². The number of hydrogen-bond acceptors (Lipinski definition) is 4. The van der Waals surface area contributed by atoms with Crippen LogP contribution in [-0.4, -0.2) is 30.0 Å². The second kappa shape index (κ2) is 6.67. The van der Waals surface area contributed by atoms with Gasteiger partial charge in [0.25, 0.3) is 0 Å². The first-order valence-electron chi connectivity index (χ1n) is 5.87. The fourth-order valence-corrected chi connectivity index (χ4v) is 2.12. The Kier molecular flexibility index (Phi) is 4.92. The van der Waals surface area contributed by atoms with Crippen LogP contribution in [0.2, 0.25) is 0 Å². The molecule has 0 aliphatic carbocycles. The molecule has 0 unspecified atom stereocenters. The predicted molar refractivity (Wildman–Crippen MR) is 80.4 cm³/mol. The van der Waals surface area contributed by atoms with Crippen molar-refractivity contribution in [1.29, 1.82) is 5.26 Å². The molecule has 1 aromatic carbocycles. The number of hydrogen-bond donors (Lipinski definition) is 1. The quantitative estimate of drug-likeness (QED) is 0.632. The highest BCUT2D eigenvalue weighted by atomic mass is 127. The van der Waals surface area contributed by atoms with Crippen molar-refractivity contribution in [3.8, 4) is 17.6 Å². The molecular formula is C13H12FIN4O. The monoisotopic (exact) mass is 386 g/mol.